The van der Waals surface area contributed by atoms with Crippen LogP contribution in [0.3, 0.4) is 0 Å². The van der Waals surface area contributed by atoms with Gasteiger partial charge in [-0.25, -0.2) is 0 Å². The molecule has 0 saturated heterocycles. The first kappa shape index (κ1) is 28.2. The first-order valence-electron chi connectivity index (χ1n) is 12.5. The number of β-amino-alcohol motifs (C(OH)–C–C–N with tert-alkyl or cyclic N) is 1. The Balaban J connectivity index is 1.55. The van der Waals surface area contributed by atoms with Crippen LogP contribution >= 0.6 is 0 Å². The van der Waals surface area contributed by atoms with Crippen LogP contribution in [0.2, 0.25) is 0 Å². The molecule has 7 heteroatoms. The number of phenols is 2. The summed E-state index contributed by atoms with van der Waals surface area (Å²) in [6.45, 7) is 8.41. The van der Waals surface area contributed by atoms with Crippen LogP contribution in [-0.2, 0) is 19.4 Å². The molecule has 7 nitrogen and oxygen atoms in total. The molecule has 0 aliphatic heterocycles. The van der Waals surface area contributed by atoms with Gasteiger partial charge in [-0.3, -0.25) is 4.79 Å². The van der Waals surface area contributed by atoms with Crippen molar-refractivity contribution in [1.29, 1.82) is 0 Å². The zero-order chi connectivity index (χ0) is 27.2. The summed E-state index contributed by atoms with van der Waals surface area (Å²) in [6.07, 6.45) is 0.520. The molecule has 3 rings (SSSR count). The van der Waals surface area contributed by atoms with Crippen LogP contribution < -0.4 is 10.6 Å². The van der Waals surface area contributed by atoms with Gasteiger partial charge in [-0.1, -0.05) is 24.3 Å². The molecule has 37 heavy (non-hydrogen) atoms. The van der Waals surface area contributed by atoms with Crippen molar-refractivity contribution in [3.63, 3.8) is 0 Å². The molecule has 1 amide bonds. The van der Waals surface area contributed by atoms with E-state index in [0.29, 0.717) is 42.6 Å². The quantitative estimate of drug-likeness (QED) is 0.235. The van der Waals surface area contributed by atoms with Crippen molar-refractivity contribution in [1.82, 2.24) is 10.6 Å². The molecule has 0 bridgehead atoms. The molecule has 0 saturated carbocycles. The summed E-state index contributed by atoms with van der Waals surface area (Å²) in [6, 6.07) is 15.8. The predicted octanol–water partition coefficient (Wildman–Crippen LogP) is 3.82. The van der Waals surface area contributed by atoms with Crippen LogP contribution in [0.25, 0.3) is 0 Å². The Labute approximate surface area is 218 Å². The van der Waals surface area contributed by atoms with Crippen molar-refractivity contribution >= 4 is 5.91 Å². The smallest absolute Gasteiger partial charge is 0.251 e. The fraction of sp³-hybridized carbons (Fsp3) is 0.367. The van der Waals surface area contributed by atoms with Crippen LogP contribution in [0.1, 0.15) is 63.7 Å². The lowest BCUT2D eigenvalue weighted by atomic mass is 9.93. The molecule has 0 aromatic heterocycles. The van der Waals surface area contributed by atoms with E-state index in [9.17, 15) is 25.2 Å². The van der Waals surface area contributed by atoms with Gasteiger partial charge in [-0.05, 0) is 98.7 Å². The molecule has 0 aliphatic rings. The summed E-state index contributed by atoms with van der Waals surface area (Å²) in [5.41, 5.74) is 5.21. The van der Waals surface area contributed by atoms with E-state index >= 15 is 0 Å². The third-order valence-corrected chi connectivity index (χ3v) is 6.82. The van der Waals surface area contributed by atoms with Gasteiger partial charge in [-0.2, -0.15) is 0 Å². The van der Waals surface area contributed by atoms with Gasteiger partial charge in [0.05, 0.1) is 12.7 Å². The highest BCUT2D eigenvalue weighted by Crippen LogP contribution is 2.24. The molecule has 0 aliphatic carbocycles. The van der Waals surface area contributed by atoms with Gasteiger partial charge in [0.2, 0.25) is 0 Å². The minimum atomic E-state index is -0.803. The van der Waals surface area contributed by atoms with Crippen molar-refractivity contribution < 1.29 is 25.2 Å². The Hall–Kier alpha value is -3.39. The minimum Gasteiger partial charge on any atom is -0.508 e. The third-order valence-electron chi connectivity index (χ3n) is 6.82. The third kappa shape index (κ3) is 7.55. The van der Waals surface area contributed by atoms with Gasteiger partial charge in [0.1, 0.15) is 11.5 Å². The first-order chi connectivity index (χ1) is 17.5. The Kier molecular flexibility index (Phi) is 9.32. The second kappa shape index (κ2) is 12.2. The number of hydrogen-bond donors (Lipinski definition) is 6. The summed E-state index contributed by atoms with van der Waals surface area (Å²) in [5.74, 6) is 0.148. The Morgan fingerprint density at radius 1 is 0.946 bits per heavy atom. The molecule has 0 unspecified atom stereocenters. The van der Waals surface area contributed by atoms with E-state index in [0.717, 1.165) is 22.3 Å². The second-order valence-corrected chi connectivity index (χ2v) is 10.2. The highest BCUT2D eigenvalue weighted by molar-refractivity contribution is 5.94. The van der Waals surface area contributed by atoms with Gasteiger partial charge in [0.25, 0.3) is 5.91 Å². The topological polar surface area (TPSA) is 122 Å². The molecule has 0 heterocycles. The zero-order valence-corrected chi connectivity index (χ0v) is 22.0. The minimum absolute atomic E-state index is 0.00113. The lowest BCUT2D eigenvalue weighted by molar-refractivity contribution is 0.0954. The second-order valence-electron chi connectivity index (χ2n) is 10.2. The summed E-state index contributed by atoms with van der Waals surface area (Å²) in [4.78, 5) is 12.8. The number of aliphatic hydroxyl groups excluding tert-OH is 2. The molecular weight excluding hydrogens is 468 g/mol. The summed E-state index contributed by atoms with van der Waals surface area (Å²) >= 11 is 0. The largest absolute Gasteiger partial charge is 0.508 e. The number of carbonyl (C=O) groups excluding carboxylic acids is 1. The molecule has 3 aromatic carbocycles. The average Bonchev–Trinajstić information content (AvgIpc) is 2.87. The van der Waals surface area contributed by atoms with E-state index in [-0.39, 0.29) is 29.6 Å². The van der Waals surface area contributed by atoms with Gasteiger partial charge >= 0.3 is 0 Å². The highest BCUT2D eigenvalue weighted by atomic mass is 16.3. The fourth-order valence-electron chi connectivity index (χ4n) is 4.37. The predicted molar refractivity (Wildman–Crippen MR) is 145 cm³/mol. The van der Waals surface area contributed by atoms with Crippen LogP contribution in [-0.4, -0.2) is 45.0 Å². The number of aliphatic hydroxyl groups is 2. The number of carbonyl (C=O) groups is 1. The highest BCUT2D eigenvalue weighted by Gasteiger charge is 2.21. The SMILES string of the molecule is Cc1c(O)ccc(CCNC(=O)c2cccc(CC(C)(C)NC[C@H](O)c3ccc(O)c(CO)c3)c2)c1C. The Bertz CT molecular complexity index is 1240. The van der Waals surface area contributed by atoms with Crippen LogP contribution in [0, 0.1) is 13.8 Å². The number of phenolic OH excluding ortho intramolecular Hbond substituents is 1. The lowest BCUT2D eigenvalue weighted by Crippen LogP contribution is -2.43. The maximum absolute atomic E-state index is 12.8. The van der Waals surface area contributed by atoms with E-state index < -0.39 is 6.10 Å². The molecular formula is C30H38N2O5. The van der Waals surface area contributed by atoms with Gasteiger partial charge < -0.3 is 31.1 Å². The van der Waals surface area contributed by atoms with Crippen molar-refractivity contribution in [3.8, 4) is 11.5 Å². The monoisotopic (exact) mass is 506 g/mol. The van der Waals surface area contributed by atoms with Crippen LogP contribution in [0.4, 0.5) is 0 Å². The molecule has 198 valence electrons. The molecule has 0 spiro atoms. The van der Waals surface area contributed by atoms with Crippen molar-refractivity contribution in [2.45, 2.75) is 58.8 Å². The molecule has 3 aromatic rings. The van der Waals surface area contributed by atoms with E-state index in [4.69, 9.17) is 0 Å². The maximum Gasteiger partial charge on any atom is 0.251 e. The van der Waals surface area contributed by atoms with E-state index in [1.807, 2.05) is 52.0 Å². The van der Waals surface area contributed by atoms with E-state index in [2.05, 4.69) is 10.6 Å². The lowest BCUT2D eigenvalue weighted by Gasteiger charge is -2.28. The van der Waals surface area contributed by atoms with Crippen LogP contribution in [0.5, 0.6) is 11.5 Å². The van der Waals surface area contributed by atoms with E-state index in [1.165, 1.54) is 6.07 Å². The Morgan fingerprint density at radius 3 is 2.41 bits per heavy atom. The van der Waals surface area contributed by atoms with Gasteiger partial charge in [0.15, 0.2) is 0 Å². The van der Waals surface area contributed by atoms with Crippen molar-refractivity contribution in [2.75, 3.05) is 13.1 Å². The standard InChI is InChI=1S/C30H38N2O5/c1-19-20(2)26(34)10-8-22(19)12-13-31-29(37)24-7-5-6-21(14-24)16-30(3,4)32-17-28(36)23-9-11-27(35)25(15-23)18-33/h5-11,14-15,28,32-36H,12-13,16-18H2,1-4H3,(H,31,37)/t28-/m0/s1. The first-order valence-corrected chi connectivity index (χ1v) is 12.5. The number of rotatable bonds is 11. The number of aromatic hydroxyl groups is 2. The van der Waals surface area contributed by atoms with Gasteiger partial charge in [-0.15, -0.1) is 0 Å². The van der Waals surface area contributed by atoms with Crippen LogP contribution in [0.15, 0.2) is 54.6 Å². The normalized spacial score (nSPS) is 12.4. The molecule has 1 atom stereocenters. The molecule has 0 radical (unpaired) electrons. The number of benzene rings is 3. The number of nitrogens with one attached hydrogen (secondary N) is 2. The fourth-order valence-corrected chi connectivity index (χ4v) is 4.37. The summed E-state index contributed by atoms with van der Waals surface area (Å²) < 4.78 is 0. The van der Waals surface area contributed by atoms with Crippen molar-refractivity contribution in [2.24, 2.45) is 0 Å². The number of hydrogen-bond acceptors (Lipinski definition) is 6. The average molecular weight is 507 g/mol. The van der Waals surface area contributed by atoms with Crippen molar-refractivity contribution in [3.05, 3.63) is 93.5 Å². The molecule has 6 N–H and O–H groups in total. The maximum atomic E-state index is 12.8. The van der Waals surface area contributed by atoms with Gasteiger partial charge in [0, 0.05) is 29.8 Å². The zero-order valence-electron chi connectivity index (χ0n) is 22.0. The van der Waals surface area contributed by atoms with E-state index in [1.54, 1.807) is 24.3 Å². The Morgan fingerprint density at radius 2 is 1.68 bits per heavy atom. The number of amides is 1. The summed E-state index contributed by atoms with van der Waals surface area (Å²) in [5, 5.41) is 45.9. The summed E-state index contributed by atoms with van der Waals surface area (Å²) in [7, 11) is 0. The molecule has 0 fully saturated rings.